The molecule has 0 aromatic rings. The van der Waals surface area contributed by atoms with E-state index in [1.807, 2.05) is 37.9 Å². The fraction of sp³-hybridized carbons (Fsp3) is 0.765. The molecule has 2 unspecified atom stereocenters. The molecule has 5 rings (SSSR count). The molecule has 0 heterocycles. The summed E-state index contributed by atoms with van der Waals surface area (Å²) < 4.78 is 0. The van der Waals surface area contributed by atoms with Crippen molar-refractivity contribution in [3.05, 3.63) is 23.3 Å². The Hall–Kier alpha value is -2.22. The smallest absolute Gasteiger partial charge is 0.219 e. The summed E-state index contributed by atoms with van der Waals surface area (Å²) in [6.07, 6.45) is 10.9. The first-order valence-corrected chi connectivity index (χ1v) is 15.0. The Morgan fingerprint density at radius 3 is 2.28 bits per heavy atom. The van der Waals surface area contributed by atoms with Crippen molar-refractivity contribution in [3.63, 3.8) is 0 Å². The van der Waals surface area contributed by atoms with Crippen molar-refractivity contribution in [2.75, 3.05) is 13.6 Å². The molecule has 0 aromatic heterocycles. The summed E-state index contributed by atoms with van der Waals surface area (Å²) in [5, 5.41) is 9.91. The lowest BCUT2D eigenvalue weighted by Gasteiger charge is -2.69. The molecular weight excluding hydrogens is 484 g/mol. The highest BCUT2D eigenvalue weighted by atomic mass is 16.2. The van der Waals surface area contributed by atoms with Crippen LogP contribution in [0.25, 0.3) is 0 Å². The number of ketones is 2. The SMILES string of the molecule is CC(=O)N(C)C[C@]12CCC(C)(C)CC1[C@H]1C(=O)C=C3[C@@]4(C)C=C(C#N)C(=O)C(C)(C)C4CC[C@@]3(C)[C@]1(C)CC2. The second-order valence-corrected chi connectivity index (χ2v) is 16.0. The summed E-state index contributed by atoms with van der Waals surface area (Å²) in [7, 11) is 1.91. The highest BCUT2D eigenvalue weighted by molar-refractivity contribution is 6.04. The van der Waals surface area contributed by atoms with E-state index in [2.05, 4.69) is 40.7 Å². The van der Waals surface area contributed by atoms with Crippen LogP contribution in [0.4, 0.5) is 0 Å². The minimum atomic E-state index is -0.649. The molecule has 0 radical (unpaired) electrons. The number of fused-ring (bicyclic) bond motifs is 7. The lowest BCUT2D eigenvalue weighted by molar-refractivity contribution is -0.174. The molecule has 5 aliphatic carbocycles. The average molecular weight is 533 g/mol. The number of nitrogens with zero attached hydrogens (tertiary/aromatic N) is 2. The van der Waals surface area contributed by atoms with Gasteiger partial charge in [0.2, 0.25) is 5.91 Å². The molecule has 212 valence electrons. The van der Waals surface area contributed by atoms with E-state index in [-0.39, 0.29) is 62.5 Å². The number of carbonyl (C=O) groups excluding carboxylic acids is 3. The van der Waals surface area contributed by atoms with Crippen LogP contribution in [0.2, 0.25) is 0 Å². The summed E-state index contributed by atoms with van der Waals surface area (Å²) in [5.74, 6) is 0.449. The summed E-state index contributed by atoms with van der Waals surface area (Å²) in [6.45, 7) is 18.0. The van der Waals surface area contributed by atoms with Crippen molar-refractivity contribution < 1.29 is 14.4 Å². The van der Waals surface area contributed by atoms with Crippen LogP contribution in [-0.2, 0) is 14.4 Å². The van der Waals surface area contributed by atoms with Crippen LogP contribution >= 0.6 is 0 Å². The first-order valence-electron chi connectivity index (χ1n) is 15.0. The van der Waals surface area contributed by atoms with Crippen LogP contribution < -0.4 is 0 Å². The Morgan fingerprint density at radius 2 is 1.67 bits per heavy atom. The van der Waals surface area contributed by atoms with E-state index in [4.69, 9.17) is 0 Å². The molecule has 0 bridgehead atoms. The summed E-state index contributed by atoms with van der Waals surface area (Å²) >= 11 is 0. The zero-order valence-corrected chi connectivity index (χ0v) is 25.7. The fourth-order valence-corrected chi connectivity index (χ4v) is 10.6. The van der Waals surface area contributed by atoms with Gasteiger partial charge in [-0.1, -0.05) is 60.1 Å². The van der Waals surface area contributed by atoms with E-state index in [9.17, 15) is 19.6 Å². The number of hydrogen-bond acceptors (Lipinski definition) is 4. The third-order valence-corrected chi connectivity index (χ3v) is 13.1. The summed E-state index contributed by atoms with van der Waals surface area (Å²) in [5.41, 5.74) is -0.0626. The molecule has 5 nitrogen and oxygen atoms in total. The van der Waals surface area contributed by atoms with Crippen molar-refractivity contribution in [1.29, 1.82) is 5.26 Å². The van der Waals surface area contributed by atoms with Crippen LogP contribution in [0.3, 0.4) is 0 Å². The average Bonchev–Trinajstić information content (AvgIpc) is 2.83. The summed E-state index contributed by atoms with van der Waals surface area (Å²) in [6, 6.07) is 2.20. The van der Waals surface area contributed by atoms with Gasteiger partial charge in [-0.3, -0.25) is 14.4 Å². The predicted octanol–water partition coefficient (Wildman–Crippen LogP) is 6.68. The fourth-order valence-electron chi connectivity index (χ4n) is 10.6. The van der Waals surface area contributed by atoms with E-state index in [0.29, 0.717) is 0 Å². The van der Waals surface area contributed by atoms with Gasteiger partial charge in [0, 0.05) is 37.3 Å². The van der Waals surface area contributed by atoms with Crippen molar-refractivity contribution in [3.8, 4) is 6.07 Å². The molecule has 1 amide bonds. The van der Waals surface area contributed by atoms with Crippen molar-refractivity contribution in [1.82, 2.24) is 4.90 Å². The van der Waals surface area contributed by atoms with E-state index in [1.54, 1.807) is 6.92 Å². The molecule has 3 fully saturated rings. The quantitative estimate of drug-likeness (QED) is 0.397. The molecule has 3 saturated carbocycles. The Bertz CT molecular complexity index is 1250. The molecule has 0 spiro atoms. The normalized spacial score (nSPS) is 43.9. The number of nitriles is 1. The van der Waals surface area contributed by atoms with Gasteiger partial charge in [0.15, 0.2) is 11.6 Å². The van der Waals surface area contributed by atoms with Gasteiger partial charge < -0.3 is 4.90 Å². The van der Waals surface area contributed by atoms with Crippen LogP contribution in [0, 0.1) is 61.6 Å². The molecule has 0 N–H and O–H groups in total. The van der Waals surface area contributed by atoms with Gasteiger partial charge in [-0.25, -0.2) is 0 Å². The number of hydrogen-bond donors (Lipinski definition) is 0. The van der Waals surface area contributed by atoms with Gasteiger partial charge in [-0.2, -0.15) is 5.26 Å². The number of rotatable bonds is 2. The Balaban J connectivity index is 1.67. The van der Waals surface area contributed by atoms with Crippen molar-refractivity contribution in [2.24, 2.45) is 50.2 Å². The predicted molar refractivity (Wildman–Crippen MR) is 152 cm³/mol. The monoisotopic (exact) mass is 532 g/mol. The largest absolute Gasteiger partial charge is 0.345 e. The van der Waals surface area contributed by atoms with E-state index >= 15 is 0 Å². The molecule has 39 heavy (non-hydrogen) atoms. The van der Waals surface area contributed by atoms with E-state index in [0.717, 1.165) is 57.1 Å². The van der Waals surface area contributed by atoms with Crippen LogP contribution in [0.5, 0.6) is 0 Å². The highest BCUT2D eigenvalue weighted by Crippen LogP contribution is 2.74. The Kier molecular flexibility index (Phi) is 6.10. The van der Waals surface area contributed by atoms with E-state index < -0.39 is 10.8 Å². The van der Waals surface area contributed by atoms with Gasteiger partial charge >= 0.3 is 0 Å². The molecule has 7 atom stereocenters. The Labute approximate surface area is 235 Å². The zero-order chi connectivity index (χ0) is 29.0. The topological polar surface area (TPSA) is 78.2 Å². The van der Waals surface area contributed by atoms with Crippen LogP contribution in [-0.4, -0.2) is 36.0 Å². The third kappa shape index (κ3) is 3.65. The lowest BCUT2D eigenvalue weighted by atomic mass is 9.34. The maximum atomic E-state index is 14.5. The molecule has 5 heteroatoms. The second-order valence-electron chi connectivity index (χ2n) is 16.0. The standard InChI is InChI=1S/C34H48N2O3/c1-21(37)36(9)20-34-14-12-29(2,3)18-23(34)27-24(38)16-26-31(6)17-22(19-35)28(39)30(4,5)25(31)10-11-32(26,7)33(27,8)13-15-34/h16-17,23,25,27H,10-15,18,20H2,1-9H3/t23?,25?,27-,31-,32+,33+,34+/m0/s1. The summed E-state index contributed by atoms with van der Waals surface area (Å²) in [4.78, 5) is 42.0. The van der Waals surface area contributed by atoms with Gasteiger partial charge in [0.25, 0.3) is 0 Å². The van der Waals surface area contributed by atoms with Gasteiger partial charge in [0.05, 0.1) is 5.57 Å². The molecule has 5 aliphatic rings. The van der Waals surface area contributed by atoms with Gasteiger partial charge in [-0.05, 0) is 84.5 Å². The highest BCUT2D eigenvalue weighted by Gasteiger charge is 2.69. The maximum absolute atomic E-state index is 14.5. The lowest BCUT2D eigenvalue weighted by Crippen LogP contribution is -2.65. The van der Waals surface area contributed by atoms with Gasteiger partial charge in [-0.15, -0.1) is 0 Å². The van der Waals surface area contributed by atoms with Crippen molar-refractivity contribution in [2.45, 2.75) is 100 Å². The molecule has 0 aromatic carbocycles. The minimum Gasteiger partial charge on any atom is -0.345 e. The molecule has 0 saturated heterocycles. The van der Waals surface area contributed by atoms with Crippen LogP contribution in [0.15, 0.2) is 23.3 Å². The zero-order valence-electron chi connectivity index (χ0n) is 25.7. The van der Waals surface area contributed by atoms with Crippen LogP contribution in [0.1, 0.15) is 100 Å². The maximum Gasteiger partial charge on any atom is 0.219 e. The van der Waals surface area contributed by atoms with Gasteiger partial charge in [0.1, 0.15) is 6.07 Å². The number of carbonyl (C=O) groups is 3. The van der Waals surface area contributed by atoms with E-state index in [1.165, 1.54) is 0 Å². The third-order valence-electron chi connectivity index (χ3n) is 13.1. The molecule has 0 aliphatic heterocycles. The second kappa shape index (κ2) is 8.40. The van der Waals surface area contributed by atoms with Crippen molar-refractivity contribution >= 4 is 17.5 Å². The first-order chi connectivity index (χ1) is 17.9. The number of allylic oxidation sites excluding steroid dienone is 4. The first kappa shape index (κ1) is 28.3. The Morgan fingerprint density at radius 1 is 1.03 bits per heavy atom. The molecular formula is C34H48N2O3. The number of Topliss-reactive ketones (excluding diaryl/α,β-unsaturated/α-hetero) is 1. The number of amides is 1. The minimum absolute atomic E-state index is 0.0360.